The number of phenolic OH excluding ortho intramolecular Hbond substituents is 3. The fourth-order valence-electron chi connectivity index (χ4n) is 2.20. The van der Waals surface area contributed by atoms with E-state index in [0.29, 0.717) is 10.9 Å². The Hall–Kier alpha value is -3.21. The molecule has 0 spiro atoms. The van der Waals surface area contributed by atoms with E-state index in [4.69, 9.17) is 4.42 Å². The standard InChI is InChI=1S/C17H12O5/c18-12-5-2-10(3-6-12)1-4-11-7-16(21)22-15-9-13(19)8-14(20)17(11)15/h1-9,18-20H. The molecule has 0 aliphatic rings. The van der Waals surface area contributed by atoms with Crippen LogP contribution in [0.2, 0.25) is 0 Å². The molecule has 0 aliphatic carbocycles. The summed E-state index contributed by atoms with van der Waals surface area (Å²) in [5.74, 6) is -0.201. The van der Waals surface area contributed by atoms with E-state index in [-0.39, 0.29) is 22.8 Å². The van der Waals surface area contributed by atoms with Crippen LogP contribution < -0.4 is 5.63 Å². The fourth-order valence-corrected chi connectivity index (χ4v) is 2.20. The van der Waals surface area contributed by atoms with Crippen LogP contribution >= 0.6 is 0 Å². The highest BCUT2D eigenvalue weighted by atomic mass is 16.4. The third-order valence-corrected chi connectivity index (χ3v) is 3.19. The topological polar surface area (TPSA) is 90.9 Å². The van der Waals surface area contributed by atoms with Gasteiger partial charge in [-0.3, -0.25) is 0 Å². The zero-order chi connectivity index (χ0) is 15.7. The molecule has 0 radical (unpaired) electrons. The molecule has 0 atom stereocenters. The van der Waals surface area contributed by atoms with Crippen molar-refractivity contribution in [2.45, 2.75) is 0 Å². The zero-order valence-electron chi connectivity index (χ0n) is 11.4. The van der Waals surface area contributed by atoms with Crippen LogP contribution in [0.4, 0.5) is 0 Å². The minimum absolute atomic E-state index is 0.107. The molecule has 0 aliphatic heterocycles. The summed E-state index contributed by atoms with van der Waals surface area (Å²) in [4.78, 5) is 11.6. The molecule has 3 rings (SSSR count). The van der Waals surface area contributed by atoms with Crippen LogP contribution in [0.25, 0.3) is 23.1 Å². The molecule has 5 nitrogen and oxygen atoms in total. The maximum Gasteiger partial charge on any atom is 0.336 e. The Morgan fingerprint density at radius 1 is 0.864 bits per heavy atom. The lowest BCUT2D eigenvalue weighted by molar-refractivity contribution is 0.451. The van der Waals surface area contributed by atoms with Crippen LogP contribution in [0.3, 0.4) is 0 Å². The van der Waals surface area contributed by atoms with Crippen LogP contribution in [0.1, 0.15) is 11.1 Å². The largest absolute Gasteiger partial charge is 0.508 e. The van der Waals surface area contributed by atoms with E-state index < -0.39 is 5.63 Å². The first-order chi connectivity index (χ1) is 10.5. The number of fused-ring (bicyclic) bond motifs is 1. The third kappa shape index (κ3) is 2.64. The molecule has 22 heavy (non-hydrogen) atoms. The van der Waals surface area contributed by atoms with E-state index in [1.165, 1.54) is 18.2 Å². The summed E-state index contributed by atoms with van der Waals surface area (Å²) in [6, 6.07) is 10.2. The van der Waals surface area contributed by atoms with Crippen molar-refractivity contribution in [2.75, 3.05) is 0 Å². The minimum Gasteiger partial charge on any atom is -0.508 e. The summed E-state index contributed by atoms with van der Waals surface area (Å²) in [7, 11) is 0. The van der Waals surface area contributed by atoms with Crippen molar-refractivity contribution in [3.8, 4) is 17.2 Å². The van der Waals surface area contributed by atoms with Gasteiger partial charge in [-0.05, 0) is 23.3 Å². The summed E-state index contributed by atoms with van der Waals surface area (Å²) >= 11 is 0. The summed E-state index contributed by atoms with van der Waals surface area (Å²) < 4.78 is 4.99. The Balaban J connectivity index is 2.14. The molecule has 2 aromatic carbocycles. The molecule has 5 heteroatoms. The van der Waals surface area contributed by atoms with E-state index >= 15 is 0 Å². The number of rotatable bonds is 2. The van der Waals surface area contributed by atoms with Crippen LogP contribution in [-0.4, -0.2) is 15.3 Å². The monoisotopic (exact) mass is 296 g/mol. The lowest BCUT2D eigenvalue weighted by Gasteiger charge is -2.04. The first-order valence-electron chi connectivity index (χ1n) is 6.50. The van der Waals surface area contributed by atoms with E-state index in [0.717, 1.165) is 5.56 Å². The van der Waals surface area contributed by atoms with Crippen LogP contribution in [0.5, 0.6) is 17.2 Å². The first-order valence-corrected chi connectivity index (χ1v) is 6.50. The summed E-state index contributed by atoms with van der Waals surface area (Å²) in [5, 5.41) is 29.0. The molecule has 0 amide bonds. The van der Waals surface area contributed by atoms with Crippen LogP contribution in [0, 0.1) is 0 Å². The molecule has 1 heterocycles. The van der Waals surface area contributed by atoms with Gasteiger partial charge in [-0.25, -0.2) is 4.79 Å². The highest BCUT2D eigenvalue weighted by Gasteiger charge is 2.10. The Kier molecular flexibility index (Phi) is 3.31. The first kappa shape index (κ1) is 13.8. The number of hydrogen-bond donors (Lipinski definition) is 3. The van der Waals surface area contributed by atoms with Crippen molar-refractivity contribution in [3.05, 3.63) is 64.0 Å². The molecule has 0 fully saturated rings. The van der Waals surface area contributed by atoms with Gasteiger partial charge < -0.3 is 19.7 Å². The molecule has 3 N–H and O–H groups in total. The molecule has 0 bridgehead atoms. The predicted molar refractivity (Wildman–Crippen MR) is 82.8 cm³/mol. The minimum atomic E-state index is -0.581. The van der Waals surface area contributed by atoms with Crippen molar-refractivity contribution in [1.82, 2.24) is 0 Å². The Morgan fingerprint density at radius 2 is 1.59 bits per heavy atom. The van der Waals surface area contributed by atoms with Gasteiger partial charge >= 0.3 is 5.63 Å². The van der Waals surface area contributed by atoms with Gasteiger partial charge in [-0.2, -0.15) is 0 Å². The van der Waals surface area contributed by atoms with Crippen LogP contribution in [0.15, 0.2) is 51.7 Å². The average Bonchev–Trinajstić information content (AvgIpc) is 2.45. The number of benzene rings is 2. The molecule has 0 saturated heterocycles. The highest BCUT2D eigenvalue weighted by Crippen LogP contribution is 2.32. The van der Waals surface area contributed by atoms with Gasteiger partial charge in [0.05, 0.1) is 5.39 Å². The molecule has 3 aromatic rings. The molecule has 0 saturated carbocycles. The maximum atomic E-state index is 11.6. The molecule has 1 aromatic heterocycles. The molecular weight excluding hydrogens is 284 g/mol. The maximum absolute atomic E-state index is 11.6. The van der Waals surface area contributed by atoms with Crippen molar-refractivity contribution >= 4 is 23.1 Å². The Bertz CT molecular complexity index is 920. The van der Waals surface area contributed by atoms with Gasteiger partial charge in [-0.1, -0.05) is 24.3 Å². The molecular formula is C17H12O5. The number of phenols is 3. The molecule has 110 valence electrons. The summed E-state index contributed by atoms with van der Waals surface area (Å²) in [5.41, 5.74) is 0.812. The van der Waals surface area contributed by atoms with Gasteiger partial charge in [0.25, 0.3) is 0 Å². The fraction of sp³-hybridized carbons (Fsp3) is 0. The SMILES string of the molecule is O=c1cc(C=Cc2ccc(O)cc2)c2c(O)cc(O)cc2o1. The second-order valence-electron chi connectivity index (χ2n) is 4.78. The third-order valence-electron chi connectivity index (χ3n) is 3.19. The zero-order valence-corrected chi connectivity index (χ0v) is 11.4. The van der Waals surface area contributed by atoms with E-state index in [1.807, 2.05) is 0 Å². The van der Waals surface area contributed by atoms with E-state index in [2.05, 4.69) is 0 Å². The summed E-state index contributed by atoms with van der Waals surface area (Å²) in [6.45, 7) is 0. The van der Waals surface area contributed by atoms with E-state index in [1.54, 1.807) is 36.4 Å². The van der Waals surface area contributed by atoms with Gasteiger partial charge in [0, 0.05) is 18.2 Å². The predicted octanol–water partition coefficient (Wildman–Crippen LogP) is 3.08. The lowest BCUT2D eigenvalue weighted by Crippen LogP contribution is -1.98. The van der Waals surface area contributed by atoms with Crippen molar-refractivity contribution < 1.29 is 19.7 Å². The van der Waals surface area contributed by atoms with Gasteiger partial charge in [-0.15, -0.1) is 0 Å². The quantitative estimate of drug-likeness (QED) is 0.632. The van der Waals surface area contributed by atoms with Gasteiger partial charge in [0.2, 0.25) is 0 Å². The van der Waals surface area contributed by atoms with Gasteiger partial charge in [0.15, 0.2) is 0 Å². The van der Waals surface area contributed by atoms with Crippen molar-refractivity contribution in [3.63, 3.8) is 0 Å². The van der Waals surface area contributed by atoms with Crippen molar-refractivity contribution in [1.29, 1.82) is 0 Å². The smallest absolute Gasteiger partial charge is 0.336 e. The Labute approximate surface area is 125 Å². The van der Waals surface area contributed by atoms with Gasteiger partial charge in [0.1, 0.15) is 22.8 Å². The van der Waals surface area contributed by atoms with Crippen molar-refractivity contribution in [2.24, 2.45) is 0 Å². The molecule has 0 unspecified atom stereocenters. The number of aromatic hydroxyl groups is 3. The van der Waals surface area contributed by atoms with Crippen LogP contribution in [-0.2, 0) is 0 Å². The Morgan fingerprint density at radius 3 is 2.32 bits per heavy atom. The average molecular weight is 296 g/mol. The highest BCUT2D eigenvalue weighted by molar-refractivity contribution is 5.94. The lowest BCUT2D eigenvalue weighted by atomic mass is 10.1. The second-order valence-corrected chi connectivity index (χ2v) is 4.78. The second kappa shape index (κ2) is 5.29. The number of hydrogen-bond acceptors (Lipinski definition) is 5. The van der Waals surface area contributed by atoms with E-state index in [9.17, 15) is 20.1 Å². The summed E-state index contributed by atoms with van der Waals surface area (Å²) in [6.07, 6.45) is 3.39. The normalized spacial score (nSPS) is 11.3.